The van der Waals surface area contributed by atoms with Crippen LogP contribution in [0.4, 0.5) is 0 Å². The molecule has 0 N–H and O–H groups in total. The van der Waals surface area contributed by atoms with Gasteiger partial charge in [-0.25, -0.2) is 0 Å². The number of hydrogen-bond donors (Lipinski definition) is 0. The van der Waals surface area contributed by atoms with Crippen molar-refractivity contribution in [1.29, 1.82) is 0 Å². The maximum atomic E-state index is 2.52. The van der Waals surface area contributed by atoms with Crippen LogP contribution in [0.5, 0.6) is 0 Å². The molecule has 0 bridgehead atoms. The standard InChI is InChI=1S/C14H29/c1-4-6-7-8-9-10-11-13-14(3)12-5-2/h13-14H,4-12H2,1-3H3. The molecule has 0 heteroatoms. The van der Waals surface area contributed by atoms with E-state index in [1.54, 1.807) is 0 Å². The van der Waals surface area contributed by atoms with E-state index in [2.05, 4.69) is 27.2 Å². The van der Waals surface area contributed by atoms with E-state index < -0.39 is 0 Å². The summed E-state index contributed by atoms with van der Waals surface area (Å²) in [5, 5.41) is 0. The summed E-state index contributed by atoms with van der Waals surface area (Å²) in [6, 6.07) is 0. The quantitative estimate of drug-likeness (QED) is 0.413. The molecule has 0 amide bonds. The normalized spacial score (nSPS) is 13.1. The second kappa shape index (κ2) is 11.1. The number of rotatable bonds is 10. The second-order valence-corrected chi connectivity index (χ2v) is 4.56. The number of hydrogen-bond acceptors (Lipinski definition) is 0. The molecular formula is C14H29. The summed E-state index contributed by atoms with van der Waals surface area (Å²) in [5.74, 6) is 0.843. The van der Waals surface area contributed by atoms with Gasteiger partial charge in [-0.15, -0.1) is 0 Å². The van der Waals surface area contributed by atoms with E-state index in [1.807, 2.05) is 0 Å². The SMILES string of the molecule is CCCCCCCC[CH]C(C)CCC. The Bertz CT molecular complexity index is 96.2. The van der Waals surface area contributed by atoms with Gasteiger partial charge in [0.05, 0.1) is 0 Å². The maximum Gasteiger partial charge on any atom is -0.0358 e. The molecule has 0 aliphatic rings. The Hall–Kier alpha value is 0. The van der Waals surface area contributed by atoms with Crippen molar-refractivity contribution in [3.8, 4) is 0 Å². The summed E-state index contributed by atoms with van der Waals surface area (Å²) >= 11 is 0. The van der Waals surface area contributed by atoms with Gasteiger partial charge in [0.15, 0.2) is 0 Å². The molecule has 1 unspecified atom stereocenters. The van der Waals surface area contributed by atoms with Crippen LogP contribution in [0.2, 0.25) is 0 Å². The topological polar surface area (TPSA) is 0 Å². The van der Waals surface area contributed by atoms with Crippen LogP contribution in [0, 0.1) is 12.3 Å². The summed E-state index contributed by atoms with van der Waals surface area (Å²) < 4.78 is 0. The highest BCUT2D eigenvalue weighted by Crippen LogP contribution is 2.14. The zero-order chi connectivity index (χ0) is 10.6. The fraction of sp³-hybridized carbons (Fsp3) is 0.929. The molecule has 0 spiro atoms. The fourth-order valence-corrected chi connectivity index (χ4v) is 1.90. The molecule has 0 saturated heterocycles. The van der Waals surface area contributed by atoms with Crippen molar-refractivity contribution < 1.29 is 0 Å². The van der Waals surface area contributed by atoms with Crippen LogP contribution in [0.1, 0.15) is 78.6 Å². The first-order valence-electron chi connectivity index (χ1n) is 6.64. The van der Waals surface area contributed by atoms with Crippen molar-refractivity contribution in [3.63, 3.8) is 0 Å². The molecule has 85 valence electrons. The summed E-state index contributed by atoms with van der Waals surface area (Å²) in [7, 11) is 0. The van der Waals surface area contributed by atoms with E-state index in [1.165, 1.54) is 57.8 Å². The van der Waals surface area contributed by atoms with Crippen LogP contribution < -0.4 is 0 Å². The molecule has 0 aromatic rings. The molecule has 0 rings (SSSR count). The lowest BCUT2D eigenvalue weighted by Crippen LogP contribution is -1.94. The number of unbranched alkanes of at least 4 members (excludes halogenated alkanes) is 6. The molecule has 0 aliphatic carbocycles. The van der Waals surface area contributed by atoms with E-state index in [0.29, 0.717) is 0 Å². The Balaban J connectivity index is 2.98. The van der Waals surface area contributed by atoms with Gasteiger partial charge in [-0.05, 0) is 18.8 Å². The molecule has 0 fully saturated rings. The Kier molecular flexibility index (Phi) is 11.1. The van der Waals surface area contributed by atoms with Gasteiger partial charge >= 0.3 is 0 Å². The molecule has 1 atom stereocenters. The van der Waals surface area contributed by atoms with Crippen molar-refractivity contribution >= 4 is 0 Å². The highest BCUT2D eigenvalue weighted by Gasteiger charge is 1.99. The lowest BCUT2D eigenvalue weighted by Gasteiger charge is -2.08. The average molecular weight is 197 g/mol. The molecular weight excluding hydrogens is 168 g/mol. The van der Waals surface area contributed by atoms with Crippen LogP contribution in [0.3, 0.4) is 0 Å². The molecule has 0 aromatic heterocycles. The third-order valence-electron chi connectivity index (χ3n) is 2.87. The maximum absolute atomic E-state index is 2.52. The summed E-state index contributed by atoms with van der Waals surface area (Å²) in [5.41, 5.74) is 0. The Morgan fingerprint density at radius 2 is 1.50 bits per heavy atom. The second-order valence-electron chi connectivity index (χ2n) is 4.56. The minimum atomic E-state index is 0.843. The van der Waals surface area contributed by atoms with Crippen LogP contribution in [0.25, 0.3) is 0 Å². The Morgan fingerprint density at radius 1 is 0.857 bits per heavy atom. The molecule has 0 aromatic carbocycles. The van der Waals surface area contributed by atoms with Gasteiger partial charge in [0.25, 0.3) is 0 Å². The van der Waals surface area contributed by atoms with E-state index >= 15 is 0 Å². The van der Waals surface area contributed by atoms with E-state index in [0.717, 1.165) is 5.92 Å². The molecule has 0 heterocycles. The zero-order valence-corrected chi connectivity index (χ0v) is 10.5. The van der Waals surface area contributed by atoms with Crippen LogP contribution >= 0.6 is 0 Å². The highest BCUT2D eigenvalue weighted by atomic mass is 14.1. The van der Waals surface area contributed by atoms with Crippen molar-refractivity contribution in [2.24, 2.45) is 5.92 Å². The van der Waals surface area contributed by atoms with Gasteiger partial charge < -0.3 is 0 Å². The minimum Gasteiger partial charge on any atom is -0.0654 e. The molecule has 0 nitrogen and oxygen atoms in total. The van der Waals surface area contributed by atoms with Crippen molar-refractivity contribution in [2.75, 3.05) is 0 Å². The first kappa shape index (κ1) is 14.0. The predicted octanol–water partition coefficient (Wildman–Crippen LogP) is 5.38. The van der Waals surface area contributed by atoms with Crippen molar-refractivity contribution in [1.82, 2.24) is 0 Å². The average Bonchev–Trinajstić information content (AvgIpc) is 2.17. The van der Waals surface area contributed by atoms with Gasteiger partial charge in [-0.3, -0.25) is 0 Å². The lowest BCUT2D eigenvalue weighted by molar-refractivity contribution is 0.543. The van der Waals surface area contributed by atoms with Gasteiger partial charge in [0, 0.05) is 0 Å². The molecule has 14 heavy (non-hydrogen) atoms. The summed E-state index contributed by atoms with van der Waals surface area (Å²) in [4.78, 5) is 0. The molecule has 0 saturated carbocycles. The van der Waals surface area contributed by atoms with E-state index in [-0.39, 0.29) is 0 Å². The Labute approximate surface area is 91.5 Å². The summed E-state index contributed by atoms with van der Waals surface area (Å²) in [6.07, 6.45) is 15.1. The summed E-state index contributed by atoms with van der Waals surface area (Å²) in [6.45, 7) is 6.90. The zero-order valence-electron chi connectivity index (χ0n) is 10.5. The van der Waals surface area contributed by atoms with Gasteiger partial charge in [0.1, 0.15) is 0 Å². The monoisotopic (exact) mass is 197 g/mol. The first-order valence-corrected chi connectivity index (χ1v) is 6.64. The third kappa shape index (κ3) is 10.1. The minimum absolute atomic E-state index is 0.843. The van der Waals surface area contributed by atoms with E-state index in [4.69, 9.17) is 0 Å². The molecule has 0 aliphatic heterocycles. The van der Waals surface area contributed by atoms with Crippen molar-refractivity contribution in [3.05, 3.63) is 6.42 Å². The van der Waals surface area contributed by atoms with Crippen LogP contribution in [0.15, 0.2) is 0 Å². The van der Waals surface area contributed by atoms with Crippen LogP contribution in [-0.2, 0) is 0 Å². The van der Waals surface area contributed by atoms with Gasteiger partial charge in [-0.1, -0.05) is 72.1 Å². The highest BCUT2D eigenvalue weighted by molar-refractivity contribution is 4.71. The molecule has 1 radical (unpaired) electrons. The van der Waals surface area contributed by atoms with Gasteiger partial charge in [0.2, 0.25) is 0 Å². The smallest absolute Gasteiger partial charge is 0.0358 e. The van der Waals surface area contributed by atoms with Crippen molar-refractivity contribution in [2.45, 2.75) is 78.6 Å². The first-order chi connectivity index (χ1) is 6.81. The largest absolute Gasteiger partial charge is 0.0654 e. The van der Waals surface area contributed by atoms with E-state index in [9.17, 15) is 0 Å². The Morgan fingerprint density at radius 3 is 2.14 bits per heavy atom. The fourth-order valence-electron chi connectivity index (χ4n) is 1.90. The third-order valence-corrected chi connectivity index (χ3v) is 2.87. The van der Waals surface area contributed by atoms with Crippen LogP contribution in [-0.4, -0.2) is 0 Å². The van der Waals surface area contributed by atoms with Gasteiger partial charge in [-0.2, -0.15) is 0 Å². The lowest BCUT2D eigenvalue weighted by atomic mass is 9.98. The predicted molar refractivity (Wildman–Crippen MR) is 66.4 cm³/mol.